The minimum Gasteiger partial charge on any atom is -0.490 e. The zero-order valence-corrected chi connectivity index (χ0v) is 13.3. The van der Waals surface area contributed by atoms with Crippen molar-refractivity contribution in [2.45, 2.75) is 25.8 Å². The number of ether oxygens (including phenoxy) is 2. The van der Waals surface area contributed by atoms with Crippen LogP contribution < -0.4 is 9.47 Å². The van der Waals surface area contributed by atoms with E-state index in [-0.39, 0.29) is 0 Å². The number of hydrogen-bond acceptors (Lipinski definition) is 3. The van der Waals surface area contributed by atoms with E-state index in [0.29, 0.717) is 13.2 Å². The number of para-hydroxylation sites is 1. The Hall–Kier alpha value is -1.55. The Labute approximate surface area is 128 Å². The first kappa shape index (κ1) is 14.9. The Kier molecular flexibility index (Phi) is 5.41. The summed E-state index contributed by atoms with van der Waals surface area (Å²) in [5.74, 6) is 1.58. The summed E-state index contributed by atoms with van der Waals surface area (Å²) in [5.41, 5.74) is 3.26. The fourth-order valence-corrected chi connectivity index (χ4v) is 2.39. The number of alkyl halides is 1. The number of aryl methyl sites for hydroxylation is 1. The summed E-state index contributed by atoms with van der Waals surface area (Å²) in [6, 6.07) is 8.01. The van der Waals surface area contributed by atoms with E-state index in [4.69, 9.17) is 9.47 Å². The zero-order valence-electron chi connectivity index (χ0n) is 11.7. The second kappa shape index (κ2) is 7.29. The van der Waals surface area contributed by atoms with Gasteiger partial charge in [0.05, 0.1) is 6.61 Å². The summed E-state index contributed by atoms with van der Waals surface area (Å²) in [4.78, 5) is 4.18. The molecule has 0 saturated carbocycles. The molecular formula is C16H18BrNO2. The van der Waals surface area contributed by atoms with Crippen LogP contribution in [0.15, 0.2) is 36.7 Å². The summed E-state index contributed by atoms with van der Waals surface area (Å²) in [5, 5.41) is 0.731. The summed E-state index contributed by atoms with van der Waals surface area (Å²) < 4.78 is 11.6. The summed E-state index contributed by atoms with van der Waals surface area (Å²) in [6.45, 7) is 5.09. The lowest BCUT2D eigenvalue weighted by molar-refractivity contribution is 0.267. The third-order valence-electron chi connectivity index (χ3n) is 2.82. The van der Waals surface area contributed by atoms with Gasteiger partial charge >= 0.3 is 0 Å². The van der Waals surface area contributed by atoms with Gasteiger partial charge in [-0.3, -0.25) is 4.98 Å². The summed E-state index contributed by atoms with van der Waals surface area (Å²) in [7, 11) is 0. The molecule has 0 amide bonds. The van der Waals surface area contributed by atoms with Gasteiger partial charge in [0, 0.05) is 28.9 Å². The van der Waals surface area contributed by atoms with Gasteiger partial charge in [-0.05, 0) is 31.5 Å². The Morgan fingerprint density at radius 1 is 1.20 bits per heavy atom. The van der Waals surface area contributed by atoms with Crippen LogP contribution in [0.2, 0.25) is 0 Å². The van der Waals surface area contributed by atoms with Crippen molar-refractivity contribution in [2.75, 3.05) is 6.61 Å². The van der Waals surface area contributed by atoms with Crippen molar-refractivity contribution in [3.63, 3.8) is 0 Å². The quantitative estimate of drug-likeness (QED) is 0.739. The largest absolute Gasteiger partial charge is 0.490 e. The van der Waals surface area contributed by atoms with Gasteiger partial charge in [-0.25, -0.2) is 0 Å². The molecule has 2 rings (SSSR count). The van der Waals surface area contributed by atoms with E-state index in [1.807, 2.05) is 44.4 Å². The van der Waals surface area contributed by atoms with Crippen molar-refractivity contribution in [2.24, 2.45) is 0 Å². The number of nitrogens with zero attached hydrogens (tertiary/aromatic N) is 1. The molecule has 0 aliphatic heterocycles. The Morgan fingerprint density at radius 2 is 2.05 bits per heavy atom. The van der Waals surface area contributed by atoms with Gasteiger partial charge in [-0.1, -0.05) is 28.1 Å². The van der Waals surface area contributed by atoms with Gasteiger partial charge in [0.2, 0.25) is 0 Å². The minimum absolute atomic E-state index is 0.485. The number of aromatic nitrogens is 1. The molecule has 106 valence electrons. The number of halogens is 1. The third-order valence-corrected chi connectivity index (χ3v) is 3.42. The van der Waals surface area contributed by atoms with E-state index in [1.54, 1.807) is 0 Å². The van der Waals surface area contributed by atoms with Crippen LogP contribution in [0.4, 0.5) is 0 Å². The molecule has 1 heterocycles. The molecule has 1 aromatic carbocycles. The normalized spacial score (nSPS) is 10.3. The molecule has 1 aromatic heterocycles. The fourth-order valence-electron chi connectivity index (χ4n) is 1.95. The first-order valence-electron chi connectivity index (χ1n) is 6.58. The van der Waals surface area contributed by atoms with Gasteiger partial charge in [-0.15, -0.1) is 0 Å². The molecule has 0 radical (unpaired) electrons. The lowest BCUT2D eigenvalue weighted by atomic mass is 10.2. The maximum atomic E-state index is 5.96. The molecule has 0 N–H and O–H groups in total. The van der Waals surface area contributed by atoms with Gasteiger partial charge in [0.1, 0.15) is 6.61 Å². The molecule has 20 heavy (non-hydrogen) atoms. The van der Waals surface area contributed by atoms with Gasteiger partial charge in [0.25, 0.3) is 0 Å². The van der Waals surface area contributed by atoms with Gasteiger partial charge in [-0.2, -0.15) is 0 Å². The van der Waals surface area contributed by atoms with E-state index in [0.717, 1.165) is 33.5 Å². The smallest absolute Gasteiger partial charge is 0.165 e. The Morgan fingerprint density at radius 3 is 2.75 bits per heavy atom. The molecule has 2 aromatic rings. The average molecular weight is 336 g/mol. The second-order valence-corrected chi connectivity index (χ2v) is 5.03. The van der Waals surface area contributed by atoms with E-state index in [9.17, 15) is 0 Å². The summed E-state index contributed by atoms with van der Waals surface area (Å²) >= 11 is 3.48. The molecule has 0 unspecified atom stereocenters. The van der Waals surface area contributed by atoms with Crippen LogP contribution in [0.1, 0.15) is 23.6 Å². The molecule has 0 spiro atoms. The Balaban J connectivity index is 2.19. The number of pyridine rings is 1. The van der Waals surface area contributed by atoms with Crippen LogP contribution >= 0.6 is 15.9 Å². The van der Waals surface area contributed by atoms with E-state index >= 15 is 0 Å². The highest BCUT2D eigenvalue weighted by Gasteiger charge is 2.10. The monoisotopic (exact) mass is 335 g/mol. The zero-order chi connectivity index (χ0) is 14.4. The van der Waals surface area contributed by atoms with E-state index < -0.39 is 0 Å². The molecule has 0 atom stereocenters. The lowest BCUT2D eigenvalue weighted by Gasteiger charge is -2.15. The fraction of sp³-hybridized carbons (Fsp3) is 0.312. The predicted molar refractivity (Wildman–Crippen MR) is 83.5 cm³/mol. The van der Waals surface area contributed by atoms with Gasteiger partial charge in [0.15, 0.2) is 11.5 Å². The molecule has 0 fully saturated rings. The van der Waals surface area contributed by atoms with Crippen LogP contribution in [0.3, 0.4) is 0 Å². The van der Waals surface area contributed by atoms with Crippen LogP contribution in [0, 0.1) is 6.92 Å². The standard InChI is InChI=1S/C16H18BrNO2/c1-3-19-15-6-4-5-14(8-17)16(15)20-11-13-7-12(2)9-18-10-13/h4-7,9-10H,3,8,11H2,1-2H3. The van der Waals surface area contributed by atoms with Gasteiger partial charge < -0.3 is 9.47 Å². The van der Waals surface area contributed by atoms with Crippen molar-refractivity contribution >= 4 is 15.9 Å². The van der Waals surface area contributed by atoms with Crippen LogP contribution in [0.25, 0.3) is 0 Å². The van der Waals surface area contributed by atoms with Crippen molar-refractivity contribution in [3.05, 3.63) is 53.3 Å². The highest BCUT2D eigenvalue weighted by Crippen LogP contribution is 2.33. The van der Waals surface area contributed by atoms with Crippen molar-refractivity contribution in [1.82, 2.24) is 4.98 Å². The average Bonchev–Trinajstić information content (AvgIpc) is 2.46. The molecular weight excluding hydrogens is 318 g/mol. The first-order chi connectivity index (χ1) is 9.74. The molecule has 4 heteroatoms. The number of benzene rings is 1. The van der Waals surface area contributed by atoms with Crippen molar-refractivity contribution < 1.29 is 9.47 Å². The maximum absolute atomic E-state index is 5.96. The molecule has 0 saturated heterocycles. The highest BCUT2D eigenvalue weighted by molar-refractivity contribution is 9.08. The third kappa shape index (κ3) is 3.73. The Bertz CT molecular complexity index is 572. The number of rotatable bonds is 6. The van der Waals surface area contributed by atoms with Crippen molar-refractivity contribution in [1.29, 1.82) is 0 Å². The van der Waals surface area contributed by atoms with Crippen LogP contribution in [0.5, 0.6) is 11.5 Å². The lowest BCUT2D eigenvalue weighted by Crippen LogP contribution is -2.02. The maximum Gasteiger partial charge on any atom is 0.165 e. The highest BCUT2D eigenvalue weighted by atomic mass is 79.9. The van der Waals surface area contributed by atoms with E-state index in [1.165, 1.54) is 0 Å². The molecule has 0 aliphatic rings. The topological polar surface area (TPSA) is 31.4 Å². The second-order valence-electron chi connectivity index (χ2n) is 4.47. The van der Waals surface area contributed by atoms with Crippen molar-refractivity contribution in [3.8, 4) is 11.5 Å². The predicted octanol–water partition coefficient (Wildman–Crippen LogP) is 4.26. The number of hydrogen-bond donors (Lipinski definition) is 0. The SMILES string of the molecule is CCOc1cccc(CBr)c1OCc1cncc(C)c1. The molecule has 3 nitrogen and oxygen atoms in total. The summed E-state index contributed by atoms with van der Waals surface area (Å²) in [6.07, 6.45) is 3.66. The first-order valence-corrected chi connectivity index (χ1v) is 7.70. The van der Waals surface area contributed by atoms with E-state index in [2.05, 4.69) is 27.0 Å². The molecule has 0 bridgehead atoms. The van der Waals surface area contributed by atoms with Crippen LogP contribution in [-0.2, 0) is 11.9 Å². The minimum atomic E-state index is 0.485. The molecule has 0 aliphatic carbocycles. The van der Waals surface area contributed by atoms with Crippen LogP contribution in [-0.4, -0.2) is 11.6 Å².